The van der Waals surface area contributed by atoms with E-state index in [1.807, 2.05) is 0 Å². The summed E-state index contributed by atoms with van der Waals surface area (Å²) >= 11 is 0. The molecule has 0 amide bonds. The van der Waals surface area contributed by atoms with Gasteiger partial charge in [-0.05, 0) is 61.7 Å². The summed E-state index contributed by atoms with van der Waals surface area (Å²) in [7, 11) is 0. The van der Waals surface area contributed by atoms with Crippen LogP contribution in [0.5, 0.6) is 0 Å². The van der Waals surface area contributed by atoms with Crippen LogP contribution in [0.1, 0.15) is 222 Å². The van der Waals surface area contributed by atoms with Gasteiger partial charge < -0.3 is 5.11 Å². The molecule has 2 nitrogen and oxygen atoms in total. The largest absolute Gasteiger partial charge is 0.478 e. The highest BCUT2D eigenvalue weighted by atomic mass is 16.4. The number of rotatable bonds is 1. The zero-order valence-electron chi connectivity index (χ0n) is 30.2. The topological polar surface area (TPSA) is 37.3 Å². The highest BCUT2D eigenvalue weighted by molar-refractivity contribution is 5.84. The quantitative estimate of drug-likeness (QED) is 0.308. The number of hydrogen-bond acceptors (Lipinski definition) is 1. The SMILES string of the molecule is C=C(C)C(=O)O.CC1(C)CCCCCCCCC1.CC1(C)CCCCCCCCC1.CC1(C)CCCCCCCCC1. The Balaban J connectivity index is 0.000000549. The average Bonchev–Trinajstić information content (AvgIpc) is 2.91. The Morgan fingerprint density at radius 3 is 0.643 bits per heavy atom. The molecule has 2 heteroatoms. The standard InChI is InChI=1S/3C12H24.C4H6O2/c3*1-12(2)10-8-6-4-3-5-7-9-11-12;1-3(2)4(5)6/h3*3-11H2,1-2H3;1H2,2H3,(H,5,6). The molecule has 1 N–H and O–H groups in total. The fourth-order valence-electron chi connectivity index (χ4n) is 6.65. The molecule has 0 atom stereocenters. The molecule has 3 saturated carbocycles. The van der Waals surface area contributed by atoms with Gasteiger partial charge in [-0.1, -0.05) is 183 Å². The van der Waals surface area contributed by atoms with Crippen LogP contribution in [-0.4, -0.2) is 11.1 Å². The van der Waals surface area contributed by atoms with Crippen molar-refractivity contribution in [2.75, 3.05) is 0 Å². The van der Waals surface area contributed by atoms with Crippen LogP contribution in [0, 0.1) is 16.2 Å². The van der Waals surface area contributed by atoms with Crippen molar-refractivity contribution < 1.29 is 9.90 Å². The van der Waals surface area contributed by atoms with Crippen LogP contribution in [0.4, 0.5) is 0 Å². The first-order valence-electron chi connectivity index (χ1n) is 18.7. The second kappa shape index (κ2) is 24.5. The van der Waals surface area contributed by atoms with E-state index in [-0.39, 0.29) is 5.57 Å². The van der Waals surface area contributed by atoms with E-state index in [1.54, 1.807) is 0 Å². The Hall–Kier alpha value is -0.790. The summed E-state index contributed by atoms with van der Waals surface area (Å²) < 4.78 is 0. The maximum Gasteiger partial charge on any atom is 0.330 e. The average molecular weight is 591 g/mol. The van der Waals surface area contributed by atoms with Crippen LogP contribution in [0.15, 0.2) is 12.2 Å². The molecule has 0 heterocycles. The summed E-state index contributed by atoms with van der Waals surface area (Å²) in [6, 6.07) is 0. The Kier molecular flexibility index (Phi) is 24.1. The molecule has 0 aromatic carbocycles. The van der Waals surface area contributed by atoms with Crippen molar-refractivity contribution in [1.29, 1.82) is 0 Å². The summed E-state index contributed by atoms with van der Waals surface area (Å²) in [5.41, 5.74) is 2.08. The number of aliphatic carboxylic acids is 1. The minimum atomic E-state index is -0.935. The molecule has 0 spiro atoms. The monoisotopic (exact) mass is 591 g/mol. The molecule has 0 saturated heterocycles. The Bertz CT molecular complexity index is 537. The molecule has 0 bridgehead atoms. The maximum absolute atomic E-state index is 9.60. The second-order valence-electron chi connectivity index (χ2n) is 16.5. The summed E-state index contributed by atoms with van der Waals surface area (Å²) in [6.45, 7) is 19.2. The zero-order chi connectivity index (χ0) is 31.7. The fourth-order valence-corrected chi connectivity index (χ4v) is 6.65. The molecule has 0 aromatic rings. The summed E-state index contributed by atoms with van der Waals surface area (Å²) in [6.07, 6.45) is 39.7. The van der Waals surface area contributed by atoms with Crippen molar-refractivity contribution in [2.24, 2.45) is 16.2 Å². The van der Waals surface area contributed by atoms with E-state index in [4.69, 9.17) is 5.11 Å². The van der Waals surface area contributed by atoms with Gasteiger partial charge in [0, 0.05) is 5.57 Å². The first-order valence-corrected chi connectivity index (χ1v) is 18.7. The zero-order valence-corrected chi connectivity index (χ0v) is 30.2. The first-order chi connectivity index (χ1) is 19.8. The molecule has 3 fully saturated rings. The highest BCUT2D eigenvalue weighted by Crippen LogP contribution is 2.33. The molecule has 3 aliphatic carbocycles. The molecule has 0 aromatic heterocycles. The van der Waals surface area contributed by atoms with Crippen molar-refractivity contribution in [3.63, 3.8) is 0 Å². The molecular formula is C40H78O2. The van der Waals surface area contributed by atoms with E-state index in [9.17, 15) is 4.79 Å². The molecule has 0 unspecified atom stereocenters. The lowest BCUT2D eigenvalue weighted by atomic mass is 9.81. The lowest BCUT2D eigenvalue weighted by Gasteiger charge is -2.25. The van der Waals surface area contributed by atoms with Gasteiger partial charge >= 0.3 is 5.97 Å². The Labute approximate surface area is 265 Å². The summed E-state index contributed by atoms with van der Waals surface area (Å²) in [4.78, 5) is 9.60. The van der Waals surface area contributed by atoms with E-state index >= 15 is 0 Å². The van der Waals surface area contributed by atoms with E-state index in [1.165, 1.54) is 180 Å². The summed E-state index contributed by atoms with van der Waals surface area (Å²) in [5, 5.41) is 7.89. The van der Waals surface area contributed by atoms with Crippen LogP contribution in [0.25, 0.3) is 0 Å². The van der Waals surface area contributed by atoms with Crippen LogP contribution in [0.2, 0.25) is 0 Å². The Morgan fingerprint density at radius 2 is 0.524 bits per heavy atom. The molecule has 250 valence electrons. The number of carboxylic acid groups (broad SMARTS) is 1. The minimum absolute atomic E-state index is 0.176. The minimum Gasteiger partial charge on any atom is -0.478 e. The van der Waals surface area contributed by atoms with Crippen LogP contribution < -0.4 is 0 Å². The van der Waals surface area contributed by atoms with E-state index in [0.29, 0.717) is 16.2 Å². The third-order valence-corrected chi connectivity index (χ3v) is 9.99. The predicted octanol–water partition coefficient (Wildman–Crippen LogP) is 14.3. The molecular weight excluding hydrogens is 512 g/mol. The fraction of sp³-hybridized carbons (Fsp3) is 0.925. The van der Waals surface area contributed by atoms with Gasteiger partial charge in [-0.25, -0.2) is 4.79 Å². The summed E-state index contributed by atoms with van der Waals surface area (Å²) in [5.74, 6) is -0.935. The van der Waals surface area contributed by atoms with Crippen molar-refractivity contribution in [3.05, 3.63) is 12.2 Å². The van der Waals surface area contributed by atoms with Crippen molar-refractivity contribution >= 4 is 5.97 Å². The number of carbonyl (C=O) groups is 1. The predicted molar refractivity (Wildman–Crippen MR) is 188 cm³/mol. The maximum atomic E-state index is 9.60. The first kappa shape index (κ1) is 41.2. The number of carboxylic acids is 1. The second-order valence-corrected chi connectivity index (χ2v) is 16.5. The smallest absolute Gasteiger partial charge is 0.330 e. The normalized spacial score (nSPS) is 23.8. The third kappa shape index (κ3) is 28.0. The molecule has 42 heavy (non-hydrogen) atoms. The number of hydrogen-bond donors (Lipinski definition) is 1. The van der Waals surface area contributed by atoms with Crippen LogP contribution in [-0.2, 0) is 4.79 Å². The molecule has 0 radical (unpaired) electrons. The van der Waals surface area contributed by atoms with E-state index < -0.39 is 5.97 Å². The van der Waals surface area contributed by atoms with Gasteiger partial charge in [-0.3, -0.25) is 0 Å². The molecule has 3 aliphatic rings. The van der Waals surface area contributed by atoms with Crippen LogP contribution >= 0.6 is 0 Å². The van der Waals surface area contributed by atoms with Gasteiger partial charge in [0.1, 0.15) is 0 Å². The highest BCUT2D eigenvalue weighted by Gasteiger charge is 2.18. The van der Waals surface area contributed by atoms with Gasteiger partial charge in [-0.2, -0.15) is 0 Å². The molecule has 0 aliphatic heterocycles. The van der Waals surface area contributed by atoms with Gasteiger partial charge in [0.15, 0.2) is 0 Å². The Morgan fingerprint density at radius 1 is 0.405 bits per heavy atom. The third-order valence-electron chi connectivity index (χ3n) is 9.99. The van der Waals surface area contributed by atoms with Crippen LogP contribution in [0.3, 0.4) is 0 Å². The van der Waals surface area contributed by atoms with Gasteiger partial charge in [-0.15, -0.1) is 0 Å². The van der Waals surface area contributed by atoms with E-state index in [2.05, 4.69) is 48.1 Å². The lowest BCUT2D eigenvalue weighted by Crippen LogP contribution is -2.11. The van der Waals surface area contributed by atoms with Gasteiger partial charge in [0.2, 0.25) is 0 Å². The lowest BCUT2D eigenvalue weighted by molar-refractivity contribution is -0.132. The van der Waals surface area contributed by atoms with Crippen molar-refractivity contribution in [3.8, 4) is 0 Å². The van der Waals surface area contributed by atoms with Gasteiger partial charge in [0.25, 0.3) is 0 Å². The molecule has 3 rings (SSSR count). The van der Waals surface area contributed by atoms with E-state index in [0.717, 1.165) is 0 Å². The van der Waals surface area contributed by atoms with Gasteiger partial charge in [0.05, 0.1) is 0 Å². The van der Waals surface area contributed by atoms with Crippen molar-refractivity contribution in [1.82, 2.24) is 0 Å². The van der Waals surface area contributed by atoms with Crippen molar-refractivity contribution in [2.45, 2.75) is 222 Å².